The Morgan fingerprint density at radius 2 is 0.571 bits per heavy atom. The van der Waals surface area contributed by atoms with Gasteiger partial charge in [0.05, 0.1) is 0 Å². The molecule has 0 radical (unpaired) electrons. The number of hydrogen-bond donors (Lipinski definition) is 0. The minimum atomic E-state index is -0.776. The molecule has 6 nitrogen and oxygen atoms in total. The molecule has 70 heavy (non-hydrogen) atoms. The van der Waals surface area contributed by atoms with Gasteiger partial charge in [-0.3, -0.25) is 14.4 Å². The van der Waals surface area contributed by atoms with E-state index in [-0.39, 0.29) is 31.1 Å². The summed E-state index contributed by atoms with van der Waals surface area (Å²) in [6, 6.07) is 0. The lowest BCUT2D eigenvalue weighted by Gasteiger charge is -2.18. The fourth-order valence-corrected chi connectivity index (χ4v) is 7.93. The van der Waals surface area contributed by atoms with Crippen LogP contribution in [0.15, 0.2) is 97.2 Å². The second kappa shape index (κ2) is 57.9. The van der Waals surface area contributed by atoms with Gasteiger partial charge in [-0.1, -0.05) is 253 Å². The third kappa shape index (κ3) is 55.3. The van der Waals surface area contributed by atoms with Gasteiger partial charge < -0.3 is 14.2 Å². The van der Waals surface area contributed by atoms with Gasteiger partial charge >= 0.3 is 17.9 Å². The average molecular weight is 974 g/mol. The molecule has 0 aromatic heterocycles. The van der Waals surface area contributed by atoms with Gasteiger partial charge in [0.1, 0.15) is 13.2 Å². The lowest BCUT2D eigenvalue weighted by atomic mass is 10.0. The van der Waals surface area contributed by atoms with Crippen LogP contribution in [-0.4, -0.2) is 37.2 Å². The zero-order valence-corrected chi connectivity index (χ0v) is 45.8. The molecule has 6 heteroatoms. The molecule has 0 saturated carbocycles. The summed E-state index contributed by atoms with van der Waals surface area (Å²) in [6.45, 7) is 6.42. The number of carbonyl (C=O) groups is 3. The Kier molecular flexibility index (Phi) is 54.9. The molecule has 0 heterocycles. The predicted octanol–water partition coefficient (Wildman–Crippen LogP) is 19.7. The molecule has 0 saturated heterocycles. The van der Waals surface area contributed by atoms with E-state index in [2.05, 4.69) is 118 Å². The quantitative estimate of drug-likeness (QED) is 0.0262. The van der Waals surface area contributed by atoms with Crippen LogP contribution in [0.1, 0.15) is 271 Å². The van der Waals surface area contributed by atoms with Crippen LogP contribution in [0.4, 0.5) is 0 Å². The molecule has 0 aliphatic heterocycles. The summed E-state index contributed by atoms with van der Waals surface area (Å²) in [5.74, 6) is -0.898. The van der Waals surface area contributed by atoms with E-state index >= 15 is 0 Å². The van der Waals surface area contributed by atoms with Crippen LogP contribution in [0.5, 0.6) is 0 Å². The van der Waals surface area contributed by atoms with Crippen molar-refractivity contribution in [3.05, 3.63) is 97.2 Å². The van der Waals surface area contributed by atoms with E-state index in [0.29, 0.717) is 19.3 Å². The maximum Gasteiger partial charge on any atom is 0.306 e. The molecule has 1 atom stereocenters. The summed E-state index contributed by atoms with van der Waals surface area (Å²) in [5.41, 5.74) is 0. The second-order valence-electron chi connectivity index (χ2n) is 19.2. The Labute approximate surface area is 432 Å². The first-order valence-corrected chi connectivity index (χ1v) is 29.2. The molecule has 0 aliphatic carbocycles. The average Bonchev–Trinajstić information content (AvgIpc) is 3.36. The molecule has 0 N–H and O–H groups in total. The normalized spacial score (nSPS) is 12.8. The predicted molar refractivity (Wildman–Crippen MR) is 302 cm³/mol. The van der Waals surface area contributed by atoms with Crippen molar-refractivity contribution in [3.63, 3.8) is 0 Å². The van der Waals surface area contributed by atoms with Crippen molar-refractivity contribution in [2.24, 2.45) is 0 Å². The van der Waals surface area contributed by atoms with Gasteiger partial charge in [0.2, 0.25) is 0 Å². The molecular formula is C64H108O6. The monoisotopic (exact) mass is 973 g/mol. The van der Waals surface area contributed by atoms with Crippen LogP contribution >= 0.6 is 0 Å². The highest BCUT2D eigenvalue weighted by molar-refractivity contribution is 5.71. The van der Waals surface area contributed by atoms with Crippen LogP contribution in [0.3, 0.4) is 0 Å². The van der Waals surface area contributed by atoms with Crippen molar-refractivity contribution in [2.75, 3.05) is 13.2 Å². The molecule has 0 aliphatic rings. The molecule has 0 aromatic carbocycles. The van der Waals surface area contributed by atoms with E-state index < -0.39 is 6.10 Å². The number of unbranched alkanes of at least 4 members (excludes halogenated alkanes) is 25. The summed E-state index contributed by atoms with van der Waals surface area (Å²) in [6.07, 6.45) is 77.4. The number of ether oxygens (including phenoxy) is 3. The smallest absolute Gasteiger partial charge is 0.306 e. The van der Waals surface area contributed by atoms with E-state index in [4.69, 9.17) is 14.2 Å². The summed E-state index contributed by atoms with van der Waals surface area (Å²) in [4.78, 5) is 37.7. The van der Waals surface area contributed by atoms with Crippen molar-refractivity contribution >= 4 is 17.9 Å². The lowest BCUT2D eigenvalue weighted by Crippen LogP contribution is -2.30. The maximum atomic E-state index is 12.7. The lowest BCUT2D eigenvalue weighted by molar-refractivity contribution is -0.167. The summed E-state index contributed by atoms with van der Waals surface area (Å²) in [5, 5.41) is 0. The summed E-state index contributed by atoms with van der Waals surface area (Å²) in [7, 11) is 0. The van der Waals surface area contributed by atoms with Gasteiger partial charge in [-0.15, -0.1) is 0 Å². The first kappa shape index (κ1) is 66.3. The van der Waals surface area contributed by atoms with Gasteiger partial charge in [-0.05, 0) is 96.3 Å². The number of rotatable bonds is 52. The number of hydrogen-bond acceptors (Lipinski definition) is 6. The highest BCUT2D eigenvalue weighted by atomic mass is 16.6. The number of carbonyl (C=O) groups excluding carboxylic acids is 3. The summed E-state index contributed by atoms with van der Waals surface area (Å²) < 4.78 is 16.7. The van der Waals surface area contributed by atoms with Crippen molar-refractivity contribution in [2.45, 2.75) is 277 Å². The number of esters is 3. The Balaban J connectivity index is 3.97. The molecule has 0 bridgehead atoms. The molecule has 0 spiro atoms. The molecule has 0 aromatic rings. The van der Waals surface area contributed by atoms with Crippen molar-refractivity contribution in [1.82, 2.24) is 0 Å². The largest absolute Gasteiger partial charge is 0.462 e. The van der Waals surface area contributed by atoms with Gasteiger partial charge in [-0.25, -0.2) is 0 Å². The minimum Gasteiger partial charge on any atom is -0.462 e. The highest BCUT2D eigenvalue weighted by Gasteiger charge is 2.19. The summed E-state index contributed by atoms with van der Waals surface area (Å²) >= 11 is 0. The fourth-order valence-electron chi connectivity index (χ4n) is 7.93. The van der Waals surface area contributed by atoms with Crippen LogP contribution in [-0.2, 0) is 28.6 Å². The SMILES string of the molecule is CC/C=C\C/C=C\C/C=C\C/C=C\C/C=C\C/C=C\C/C=C\CCCCCCCCCCCCCCCC(=O)OCC(COC(=O)CCCCCCCC)OC(=O)CCCCCCC/C=C\CCCC. The third-order valence-corrected chi connectivity index (χ3v) is 12.3. The first-order valence-electron chi connectivity index (χ1n) is 29.2. The van der Waals surface area contributed by atoms with E-state index in [1.165, 1.54) is 116 Å². The molecule has 0 fully saturated rings. The van der Waals surface area contributed by atoms with Crippen LogP contribution in [0.2, 0.25) is 0 Å². The third-order valence-electron chi connectivity index (χ3n) is 12.3. The molecule has 0 amide bonds. The van der Waals surface area contributed by atoms with E-state index in [1.54, 1.807) is 0 Å². The Bertz CT molecular complexity index is 1400. The minimum absolute atomic E-state index is 0.0788. The topological polar surface area (TPSA) is 78.9 Å². The Morgan fingerprint density at radius 3 is 0.929 bits per heavy atom. The molecular weight excluding hydrogens is 865 g/mol. The van der Waals surface area contributed by atoms with Crippen LogP contribution in [0.25, 0.3) is 0 Å². The van der Waals surface area contributed by atoms with E-state index in [1.807, 2.05) is 0 Å². The van der Waals surface area contributed by atoms with Crippen LogP contribution in [0, 0.1) is 0 Å². The van der Waals surface area contributed by atoms with Crippen LogP contribution < -0.4 is 0 Å². The Hall–Kier alpha value is -3.67. The van der Waals surface area contributed by atoms with E-state index in [9.17, 15) is 14.4 Å². The maximum absolute atomic E-state index is 12.7. The van der Waals surface area contributed by atoms with Gasteiger partial charge in [0, 0.05) is 19.3 Å². The van der Waals surface area contributed by atoms with Crippen molar-refractivity contribution in [1.29, 1.82) is 0 Å². The van der Waals surface area contributed by atoms with E-state index in [0.717, 1.165) is 116 Å². The molecule has 400 valence electrons. The zero-order valence-electron chi connectivity index (χ0n) is 45.8. The molecule has 1 unspecified atom stereocenters. The number of allylic oxidation sites excluding steroid dienone is 16. The highest BCUT2D eigenvalue weighted by Crippen LogP contribution is 2.15. The standard InChI is InChI=1S/C64H108O6/c1-4-7-10-13-16-18-20-21-22-23-24-25-26-27-28-29-30-31-32-33-34-35-36-37-38-39-40-41-42-43-45-46-48-51-54-57-63(66)69-60-61(59-68-62(65)56-53-50-15-12-9-6-3)70-64(67)58-55-52-49-47-44-19-17-14-11-8-5-2/h7,10,14,16-18,21-22,24-25,27-28,30-31,33-34,61H,4-6,8-9,11-13,15,19-20,23,26,29,32,35-60H2,1-3H3/b10-7-,17-14-,18-16-,22-21-,25-24-,28-27-,31-30-,34-33-. The first-order chi connectivity index (χ1) is 34.5. The van der Waals surface area contributed by atoms with Gasteiger partial charge in [0.25, 0.3) is 0 Å². The zero-order chi connectivity index (χ0) is 50.7. The fraction of sp³-hybridized carbons (Fsp3) is 0.703. The van der Waals surface area contributed by atoms with Crippen molar-refractivity contribution in [3.8, 4) is 0 Å². The molecule has 0 rings (SSSR count). The van der Waals surface area contributed by atoms with Gasteiger partial charge in [-0.2, -0.15) is 0 Å². The van der Waals surface area contributed by atoms with Gasteiger partial charge in [0.15, 0.2) is 6.10 Å². The second-order valence-corrected chi connectivity index (χ2v) is 19.2. The van der Waals surface area contributed by atoms with Crippen molar-refractivity contribution < 1.29 is 28.6 Å². The Morgan fingerprint density at radius 1 is 0.300 bits per heavy atom.